The van der Waals surface area contributed by atoms with Gasteiger partial charge in [-0.25, -0.2) is 17.2 Å². The van der Waals surface area contributed by atoms with Gasteiger partial charge in [-0.1, -0.05) is 13.8 Å². The predicted molar refractivity (Wildman–Crippen MR) is 79.4 cm³/mol. The molecule has 0 aliphatic carbocycles. The maximum Gasteiger partial charge on any atom is 0.203 e. The van der Waals surface area contributed by atoms with Gasteiger partial charge in [0, 0.05) is 18.2 Å². The number of benzene rings is 1. The summed E-state index contributed by atoms with van der Waals surface area (Å²) in [6, 6.07) is 0.0301. The molecule has 0 saturated carbocycles. The van der Waals surface area contributed by atoms with Gasteiger partial charge in [0.15, 0.2) is 23.2 Å². The Hall–Kier alpha value is -1.64. The maximum absolute atomic E-state index is 13.5. The Morgan fingerprint density at radius 3 is 2.04 bits per heavy atom. The number of sulfone groups is 1. The summed E-state index contributed by atoms with van der Waals surface area (Å²) in [5.74, 6) is -9.91. The number of ether oxygens (including phenoxy) is 1. The van der Waals surface area contributed by atoms with Crippen LogP contribution in [-0.2, 0) is 14.6 Å². The van der Waals surface area contributed by atoms with E-state index in [4.69, 9.17) is 0 Å². The Labute approximate surface area is 137 Å². The van der Waals surface area contributed by atoms with E-state index in [-0.39, 0.29) is 24.2 Å². The smallest absolute Gasteiger partial charge is 0.203 e. The monoisotopic (exact) mass is 370 g/mol. The first kappa shape index (κ1) is 20.4. The van der Waals surface area contributed by atoms with Crippen molar-refractivity contribution >= 4 is 15.6 Å². The van der Waals surface area contributed by atoms with Gasteiger partial charge in [-0.3, -0.25) is 4.79 Å². The molecule has 0 N–H and O–H groups in total. The van der Waals surface area contributed by atoms with Crippen LogP contribution in [0.2, 0.25) is 0 Å². The van der Waals surface area contributed by atoms with E-state index in [2.05, 4.69) is 4.74 Å². The van der Waals surface area contributed by atoms with E-state index >= 15 is 0 Å². The van der Waals surface area contributed by atoms with Gasteiger partial charge in [0.05, 0.1) is 5.75 Å². The summed E-state index contributed by atoms with van der Waals surface area (Å²) >= 11 is 0. The summed E-state index contributed by atoms with van der Waals surface area (Å²) in [7, 11) is -3.29. The summed E-state index contributed by atoms with van der Waals surface area (Å²) in [6.45, 7) is 2.52. The number of Topliss-reactive ketones (excluding diaryl/α,β-unsaturated/α-hetero) is 1. The standard InChI is InChI=1S/C15H18F4O4S/c1-8(2)9(4-5-24(3,21)22)12(20)7-23-15-13(18)10(16)6-11(17)14(15)19/h6,8-9H,4-5,7H2,1-3H3. The largest absolute Gasteiger partial charge is 0.480 e. The zero-order chi connectivity index (χ0) is 18.7. The van der Waals surface area contributed by atoms with Crippen LogP contribution in [0.4, 0.5) is 17.6 Å². The molecule has 0 bridgehead atoms. The van der Waals surface area contributed by atoms with Crippen molar-refractivity contribution in [3.8, 4) is 5.75 Å². The first-order valence-corrected chi connectivity index (χ1v) is 9.16. The van der Waals surface area contributed by atoms with Crippen LogP contribution >= 0.6 is 0 Å². The van der Waals surface area contributed by atoms with Crippen LogP contribution in [0, 0.1) is 35.1 Å². The molecule has 1 aromatic carbocycles. The average Bonchev–Trinajstić information content (AvgIpc) is 2.43. The summed E-state index contributed by atoms with van der Waals surface area (Å²) in [4.78, 5) is 12.1. The molecular formula is C15H18F4O4S. The second kappa shape index (κ2) is 7.96. The third-order valence-electron chi connectivity index (χ3n) is 3.45. The molecule has 1 atom stereocenters. The fourth-order valence-electron chi connectivity index (χ4n) is 2.14. The quantitative estimate of drug-likeness (QED) is 0.522. The highest BCUT2D eigenvalue weighted by Crippen LogP contribution is 2.27. The number of carbonyl (C=O) groups is 1. The van der Waals surface area contributed by atoms with Gasteiger partial charge in [-0.05, 0) is 12.3 Å². The molecule has 4 nitrogen and oxygen atoms in total. The molecule has 0 amide bonds. The van der Waals surface area contributed by atoms with E-state index < -0.39 is 57.2 Å². The molecule has 0 spiro atoms. The molecule has 0 heterocycles. The van der Waals surface area contributed by atoms with Crippen molar-refractivity contribution in [2.24, 2.45) is 11.8 Å². The van der Waals surface area contributed by atoms with Gasteiger partial charge in [0.2, 0.25) is 11.6 Å². The van der Waals surface area contributed by atoms with Crippen LogP contribution in [-0.4, -0.2) is 32.8 Å². The Morgan fingerprint density at radius 2 is 1.62 bits per heavy atom. The van der Waals surface area contributed by atoms with Gasteiger partial charge in [0.1, 0.15) is 16.4 Å². The second-order valence-electron chi connectivity index (χ2n) is 5.82. The van der Waals surface area contributed by atoms with E-state index in [1.54, 1.807) is 13.8 Å². The van der Waals surface area contributed by atoms with E-state index in [9.17, 15) is 30.8 Å². The number of ketones is 1. The van der Waals surface area contributed by atoms with Gasteiger partial charge in [-0.15, -0.1) is 0 Å². The van der Waals surface area contributed by atoms with Gasteiger partial charge >= 0.3 is 0 Å². The Morgan fingerprint density at radius 1 is 1.12 bits per heavy atom. The molecule has 1 unspecified atom stereocenters. The van der Waals surface area contributed by atoms with Crippen molar-refractivity contribution in [3.05, 3.63) is 29.3 Å². The molecule has 9 heteroatoms. The van der Waals surface area contributed by atoms with Crippen molar-refractivity contribution in [2.75, 3.05) is 18.6 Å². The fraction of sp³-hybridized carbons (Fsp3) is 0.533. The summed E-state index contributed by atoms with van der Waals surface area (Å²) < 4.78 is 80.1. The third kappa shape index (κ3) is 5.47. The lowest BCUT2D eigenvalue weighted by Gasteiger charge is -2.19. The number of hydrogen-bond acceptors (Lipinski definition) is 4. The van der Waals surface area contributed by atoms with E-state index in [1.165, 1.54) is 0 Å². The first-order chi connectivity index (χ1) is 10.9. The van der Waals surface area contributed by atoms with Crippen molar-refractivity contribution in [2.45, 2.75) is 20.3 Å². The molecule has 1 rings (SSSR count). The molecule has 0 aliphatic rings. The van der Waals surface area contributed by atoms with Crippen LogP contribution in [0.1, 0.15) is 20.3 Å². The number of halogens is 4. The summed E-state index contributed by atoms with van der Waals surface area (Å²) in [6.07, 6.45) is 1.03. The SMILES string of the molecule is CC(C)C(CCS(C)(=O)=O)C(=O)COc1c(F)c(F)cc(F)c1F. The van der Waals surface area contributed by atoms with Crippen molar-refractivity contribution in [3.63, 3.8) is 0 Å². The topological polar surface area (TPSA) is 60.4 Å². The van der Waals surface area contributed by atoms with Gasteiger partial charge < -0.3 is 4.74 Å². The Bertz CT molecular complexity index is 690. The predicted octanol–water partition coefficient (Wildman–Crippen LogP) is 2.90. The van der Waals surface area contributed by atoms with Gasteiger partial charge in [-0.2, -0.15) is 8.78 Å². The normalized spacial score (nSPS) is 13.2. The molecule has 24 heavy (non-hydrogen) atoms. The van der Waals surface area contributed by atoms with Crippen LogP contribution in [0.3, 0.4) is 0 Å². The number of carbonyl (C=O) groups excluding carboxylic acids is 1. The minimum absolute atomic E-state index is 0.0150. The molecule has 0 saturated heterocycles. The van der Waals surface area contributed by atoms with Crippen molar-refractivity contribution in [1.29, 1.82) is 0 Å². The Kier molecular flexibility index (Phi) is 6.76. The molecule has 0 fully saturated rings. The lowest BCUT2D eigenvalue weighted by molar-refractivity contribution is -0.126. The second-order valence-corrected chi connectivity index (χ2v) is 8.08. The minimum Gasteiger partial charge on any atom is -0.480 e. The number of hydrogen-bond donors (Lipinski definition) is 0. The van der Waals surface area contributed by atoms with Crippen LogP contribution in [0.15, 0.2) is 6.07 Å². The molecule has 136 valence electrons. The van der Waals surface area contributed by atoms with Crippen LogP contribution < -0.4 is 4.74 Å². The zero-order valence-corrected chi connectivity index (χ0v) is 14.2. The molecule has 0 aromatic heterocycles. The number of rotatable bonds is 8. The summed E-state index contributed by atoms with van der Waals surface area (Å²) in [5, 5.41) is 0. The van der Waals surface area contributed by atoms with Crippen molar-refractivity contribution < 1.29 is 35.5 Å². The average molecular weight is 370 g/mol. The highest BCUT2D eigenvalue weighted by atomic mass is 32.2. The lowest BCUT2D eigenvalue weighted by atomic mass is 9.89. The van der Waals surface area contributed by atoms with Crippen LogP contribution in [0.5, 0.6) is 5.75 Å². The molecular weight excluding hydrogens is 352 g/mol. The lowest BCUT2D eigenvalue weighted by Crippen LogP contribution is -2.28. The van der Waals surface area contributed by atoms with E-state index in [0.29, 0.717) is 0 Å². The molecule has 0 radical (unpaired) electrons. The highest BCUT2D eigenvalue weighted by Gasteiger charge is 2.26. The van der Waals surface area contributed by atoms with E-state index in [0.717, 1.165) is 6.26 Å². The molecule has 0 aliphatic heterocycles. The minimum atomic E-state index is -3.29. The fourth-order valence-corrected chi connectivity index (χ4v) is 2.82. The maximum atomic E-state index is 13.5. The first-order valence-electron chi connectivity index (χ1n) is 7.10. The summed E-state index contributed by atoms with van der Waals surface area (Å²) in [5.41, 5.74) is 0. The van der Waals surface area contributed by atoms with Gasteiger partial charge in [0.25, 0.3) is 0 Å². The zero-order valence-electron chi connectivity index (χ0n) is 13.4. The highest BCUT2D eigenvalue weighted by molar-refractivity contribution is 7.90. The van der Waals surface area contributed by atoms with E-state index in [1.807, 2.05) is 0 Å². The van der Waals surface area contributed by atoms with Crippen LogP contribution in [0.25, 0.3) is 0 Å². The van der Waals surface area contributed by atoms with Crippen molar-refractivity contribution in [1.82, 2.24) is 0 Å². The Balaban J connectivity index is 2.87. The molecule has 1 aromatic rings. The third-order valence-corrected chi connectivity index (χ3v) is 4.43.